The zero-order valence-electron chi connectivity index (χ0n) is 11.8. The van der Waals surface area contributed by atoms with Crippen LogP contribution in [-0.4, -0.2) is 48.5 Å². The molecule has 2 amide bonds. The minimum Gasteiger partial charge on any atom is -0.343 e. The van der Waals surface area contributed by atoms with Gasteiger partial charge in [-0.3, -0.25) is 9.59 Å². The second-order valence-corrected chi connectivity index (χ2v) is 5.74. The number of hydrogen-bond acceptors (Lipinski definition) is 5. The van der Waals surface area contributed by atoms with Crippen molar-refractivity contribution in [3.05, 3.63) is 5.82 Å². The van der Waals surface area contributed by atoms with Gasteiger partial charge in [-0.05, 0) is 37.8 Å². The molecular weight excluding hydrogens is 260 g/mol. The van der Waals surface area contributed by atoms with Crippen LogP contribution in [0.4, 0.5) is 0 Å². The molecule has 8 heteroatoms. The molecule has 1 aromatic rings. The van der Waals surface area contributed by atoms with E-state index in [-0.39, 0.29) is 24.3 Å². The van der Waals surface area contributed by atoms with Crippen molar-refractivity contribution in [1.29, 1.82) is 0 Å². The highest BCUT2D eigenvalue weighted by Gasteiger charge is 2.56. The molecule has 0 aromatic carbocycles. The molecular formula is C12H18N6O2. The van der Waals surface area contributed by atoms with Crippen LogP contribution < -0.4 is 5.32 Å². The topological polar surface area (TPSA) is 93.0 Å². The lowest BCUT2D eigenvalue weighted by atomic mass is 9.88. The molecule has 2 atom stereocenters. The van der Waals surface area contributed by atoms with Gasteiger partial charge < -0.3 is 10.2 Å². The van der Waals surface area contributed by atoms with Crippen LogP contribution in [0.1, 0.15) is 32.5 Å². The summed E-state index contributed by atoms with van der Waals surface area (Å²) in [6, 6.07) is -0.508. The highest BCUT2D eigenvalue weighted by atomic mass is 16.2. The molecule has 2 unspecified atom stereocenters. The number of carbonyl (C=O) groups excluding carboxylic acids is 2. The highest BCUT2D eigenvalue weighted by molar-refractivity contribution is 5.99. The van der Waals surface area contributed by atoms with Crippen LogP contribution in [0.3, 0.4) is 0 Å². The number of aromatic nitrogens is 4. The summed E-state index contributed by atoms with van der Waals surface area (Å²) < 4.78 is 0. The summed E-state index contributed by atoms with van der Waals surface area (Å²) in [4.78, 5) is 27.8. The number of nitrogens with one attached hydrogen (secondary N) is 1. The Morgan fingerprint density at radius 3 is 2.65 bits per heavy atom. The number of aryl methyl sites for hydroxylation is 1. The van der Waals surface area contributed by atoms with E-state index in [1.54, 1.807) is 18.9 Å². The maximum atomic E-state index is 12.5. The summed E-state index contributed by atoms with van der Waals surface area (Å²) in [5.41, 5.74) is -0.803. The Labute approximate surface area is 116 Å². The van der Waals surface area contributed by atoms with E-state index in [9.17, 15) is 9.59 Å². The van der Waals surface area contributed by atoms with E-state index in [0.717, 1.165) is 12.8 Å². The molecule has 0 radical (unpaired) electrons. The van der Waals surface area contributed by atoms with Crippen LogP contribution in [0.2, 0.25) is 0 Å². The number of hydrogen-bond donors (Lipinski definition) is 1. The third-order valence-electron chi connectivity index (χ3n) is 4.23. The van der Waals surface area contributed by atoms with Gasteiger partial charge in [0, 0.05) is 0 Å². The first-order chi connectivity index (χ1) is 9.42. The zero-order valence-corrected chi connectivity index (χ0v) is 11.8. The van der Waals surface area contributed by atoms with Gasteiger partial charge in [0.2, 0.25) is 11.8 Å². The largest absolute Gasteiger partial charge is 0.343 e. The van der Waals surface area contributed by atoms with Crippen LogP contribution in [0.5, 0.6) is 0 Å². The van der Waals surface area contributed by atoms with Gasteiger partial charge in [0.05, 0.1) is 13.6 Å². The Balaban J connectivity index is 1.93. The molecule has 1 saturated heterocycles. The second kappa shape index (κ2) is 4.26. The number of piperazine rings is 1. The predicted molar refractivity (Wildman–Crippen MR) is 68.1 cm³/mol. The maximum absolute atomic E-state index is 12.5. The third-order valence-corrected chi connectivity index (χ3v) is 4.23. The fraction of sp³-hybridized carbons (Fsp3) is 0.750. The van der Waals surface area contributed by atoms with Crippen LogP contribution >= 0.6 is 0 Å². The number of rotatable bonds is 3. The Kier molecular flexibility index (Phi) is 2.77. The molecule has 2 aliphatic rings. The molecule has 0 bridgehead atoms. The number of nitrogens with zero attached hydrogens (tertiary/aromatic N) is 5. The first kappa shape index (κ1) is 13.0. The molecule has 3 rings (SSSR count). The SMILES string of the molecule is CC1NC(=O)C(C)(C2CC2)N(Cc2nnn(C)n2)C1=O. The lowest BCUT2D eigenvalue weighted by molar-refractivity contribution is -0.158. The van der Waals surface area contributed by atoms with Crippen molar-refractivity contribution in [3.63, 3.8) is 0 Å². The van der Waals surface area contributed by atoms with Gasteiger partial charge in [0.25, 0.3) is 0 Å². The van der Waals surface area contributed by atoms with Crippen molar-refractivity contribution in [3.8, 4) is 0 Å². The zero-order chi connectivity index (χ0) is 14.5. The maximum Gasteiger partial charge on any atom is 0.246 e. The van der Waals surface area contributed by atoms with E-state index in [1.165, 1.54) is 4.80 Å². The Hall–Kier alpha value is -1.99. The fourth-order valence-corrected chi connectivity index (χ4v) is 2.81. The number of amides is 2. The Morgan fingerprint density at radius 2 is 2.10 bits per heavy atom. The molecule has 1 N–H and O–H groups in total. The molecule has 1 saturated carbocycles. The summed E-state index contributed by atoms with van der Waals surface area (Å²) in [5.74, 6) is 0.493. The van der Waals surface area contributed by atoms with Crippen molar-refractivity contribution in [2.75, 3.05) is 0 Å². The van der Waals surface area contributed by atoms with E-state index in [0.29, 0.717) is 5.82 Å². The van der Waals surface area contributed by atoms with Crippen molar-refractivity contribution in [1.82, 2.24) is 30.4 Å². The average molecular weight is 278 g/mol. The van der Waals surface area contributed by atoms with Gasteiger partial charge in [-0.1, -0.05) is 0 Å². The molecule has 2 fully saturated rings. The smallest absolute Gasteiger partial charge is 0.246 e. The minimum atomic E-state index is -0.803. The van der Waals surface area contributed by atoms with Crippen LogP contribution in [0, 0.1) is 5.92 Å². The molecule has 108 valence electrons. The van der Waals surface area contributed by atoms with Gasteiger partial charge in [0.1, 0.15) is 11.6 Å². The predicted octanol–water partition coefficient (Wildman–Crippen LogP) is -0.774. The van der Waals surface area contributed by atoms with Crippen LogP contribution in [0.25, 0.3) is 0 Å². The third kappa shape index (κ3) is 1.86. The van der Waals surface area contributed by atoms with Crippen LogP contribution in [0.15, 0.2) is 0 Å². The first-order valence-corrected chi connectivity index (χ1v) is 6.78. The van der Waals surface area contributed by atoms with E-state index < -0.39 is 11.6 Å². The molecule has 1 aliphatic carbocycles. The van der Waals surface area contributed by atoms with Crippen molar-refractivity contribution >= 4 is 11.8 Å². The van der Waals surface area contributed by atoms with E-state index >= 15 is 0 Å². The molecule has 0 spiro atoms. The summed E-state index contributed by atoms with van der Waals surface area (Å²) in [6.07, 6.45) is 1.94. The van der Waals surface area contributed by atoms with Crippen molar-refractivity contribution in [2.45, 2.75) is 44.8 Å². The van der Waals surface area contributed by atoms with Crippen molar-refractivity contribution in [2.24, 2.45) is 13.0 Å². The van der Waals surface area contributed by atoms with Gasteiger partial charge in [-0.2, -0.15) is 4.80 Å². The summed E-state index contributed by atoms with van der Waals surface area (Å²) >= 11 is 0. The van der Waals surface area contributed by atoms with Gasteiger partial charge >= 0.3 is 0 Å². The van der Waals surface area contributed by atoms with E-state index in [1.807, 2.05) is 6.92 Å². The Bertz CT molecular complexity index is 566. The van der Waals surface area contributed by atoms with Gasteiger partial charge in [-0.25, -0.2) is 0 Å². The Morgan fingerprint density at radius 1 is 1.40 bits per heavy atom. The lowest BCUT2D eigenvalue weighted by Gasteiger charge is -2.45. The fourth-order valence-electron chi connectivity index (χ4n) is 2.81. The average Bonchev–Trinajstić information content (AvgIpc) is 3.17. The standard InChI is InChI=1S/C12H18N6O2/c1-7-10(19)18(6-9-14-16-17(3)15-9)12(2,8-4-5-8)11(20)13-7/h7-8H,4-6H2,1-3H3,(H,13,20). The molecule has 20 heavy (non-hydrogen) atoms. The molecule has 8 nitrogen and oxygen atoms in total. The van der Waals surface area contributed by atoms with E-state index in [4.69, 9.17) is 0 Å². The van der Waals surface area contributed by atoms with Crippen LogP contribution in [-0.2, 0) is 23.2 Å². The number of carbonyl (C=O) groups is 2. The summed E-state index contributed by atoms with van der Waals surface area (Å²) in [5, 5.41) is 14.6. The summed E-state index contributed by atoms with van der Waals surface area (Å²) in [7, 11) is 1.67. The lowest BCUT2D eigenvalue weighted by Crippen LogP contribution is -2.69. The molecule has 1 aromatic heterocycles. The highest BCUT2D eigenvalue weighted by Crippen LogP contribution is 2.45. The minimum absolute atomic E-state index is 0.0870. The quantitative estimate of drug-likeness (QED) is 0.783. The molecule has 2 heterocycles. The monoisotopic (exact) mass is 278 g/mol. The first-order valence-electron chi connectivity index (χ1n) is 6.78. The molecule has 1 aliphatic heterocycles. The van der Waals surface area contributed by atoms with Gasteiger partial charge in [0.15, 0.2) is 5.82 Å². The van der Waals surface area contributed by atoms with E-state index in [2.05, 4.69) is 20.7 Å². The normalized spacial score (nSPS) is 30.6. The number of tetrazole rings is 1. The van der Waals surface area contributed by atoms with Crippen molar-refractivity contribution < 1.29 is 9.59 Å². The van der Waals surface area contributed by atoms with Gasteiger partial charge in [-0.15, -0.1) is 10.2 Å². The summed E-state index contributed by atoms with van der Waals surface area (Å²) in [6.45, 7) is 3.75. The second-order valence-electron chi connectivity index (χ2n) is 5.74.